The summed E-state index contributed by atoms with van der Waals surface area (Å²) in [5.41, 5.74) is 15.6. The summed E-state index contributed by atoms with van der Waals surface area (Å²) < 4.78 is 2.41. The molecule has 0 saturated carbocycles. The molecule has 0 N–H and O–H groups in total. The molecule has 3 nitrogen and oxygen atoms in total. The first-order chi connectivity index (χ1) is 28.0. The Morgan fingerprint density at radius 1 is 0.456 bits per heavy atom. The van der Waals surface area contributed by atoms with Crippen molar-refractivity contribution >= 4 is 49.6 Å². The highest BCUT2D eigenvalue weighted by Crippen LogP contribution is 2.42. The summed E-state index contributed by atoms with van der Waals surface area (Å²) in [6.45, 7) is 6.50. The van der Waals surface area contributed by atoms with Crippen molar-refractivity contribution in [1.82, 2.24) is 9.55 Å². The van der Waals surface area contributed by atoms with Crippen LogP contribution in [0.2, 0.25) is 0 Å². The van der Waals surface area contributed by atoms with Crippen molar-refractivity contribution in [2.45, 2.75) is 20.8 Å². The Balaban J connectivity index is 0.000000548. The Labute approximate surface area is 334 Å². The molecule has 2 aromatic heterocycles. The van der Waals surface area contributed by atoms with E-state index in [0.717, 1.165) is 22.7 Å². The van der Waals surface area contributed by atoms with Crippen LogP contribution >= 0.6 is 0 Å². The maximum atomic E-state index is 4.49. The number of para-hydroxylation sites is 1. The molecule has 0 fully saturated rings. The van der Waals surface area contributed by atoms with Gasteiger partial charge in [-0.3, -0.25) is 4.98 Å². The molecule has 3 heteroatoms. The number of benzene rings is 8. The fourth-order valence-corrected chi connectivity index (χ4v) is 8.14. The molecular weight excluding hydrogens is 691 g/mol. The van der Waals surface area contributed by atoms with E-state index in [9.17, 15) is 0 Å². The predicted octanol–water partition coefficient (Wildman–Crippen LogP) is 14.7. The van der Waals surface area contributed by atoms with Crippen LogP contribution in [0.25, 0.3) is 60.5 Å². The largest absolute Gasteiger partial charge is 0.309 e. The van der Waals surface area contributed by atoms with E-state index in [2.05, 4.69) is 205 Å². The number of rotatable bonds is 6. The zero-order valence-corrected chi connectivity index (χ0v) is 32.5. The molecule has 0 aliphatic carbocycles. The Bertz CT molecular complexity index is 2970. The molecule has 274 valence electrons. The molecule has 0 bridgehead atoms. The molecular formula is C54H43N3. The number of hydrogen-bond donors (Lipinski definition) is 0. The molecule has 0 aliphatic rings. The highest BCUT2D eigenvalue weighted by molar-refractivity contribution is 6.10. The fraction of sp³-hybridized carbons (Fsp3) is 0.0556. The lowest BCUT2D eigenvalue weighted by atomic mass is 9.89. The number of pyridine rings is 1. The second-order valence-corrected chi connectivity index (χ2v) is 14.6. The van der Waals surface area contributed by atoms with Gasteiger partial charge in [-0.15, -0.1) is 0 Å². The maximum Gasteiger partial charge on any atom is 0.0645 e. The van der Waals surface area contributed by atoms with Gasteiger partial charge in [-0.05, 0) is 114 Å². The zero-order valence-electron chi connectivity index (χ0n) is 32.5. The van der Waals surface area contributed by atoms with Crippen LogP contribution in [0.1, 0.15) is 16.7 Å². The van der Waals surface area contributed by atoms with Gasteiger partial charge in [0.2, 0.25) is 0 Å². The van der Waals surface area contributed by atoms with Gasteiger partial charge in [0.25, 0.3) is 0 Å². The lowest BCUT2D eigenvalue weighted by molar-refractivity contribution is 1.17. The summed E-state index contributed by atoms with van der Waals surface area (Å²) in [6, 6.07) is 69.4. The molecule has 2 heterocycles. The normalized spacial score (nSPS) is 11.1. The number of aryl methyl sites for hydroxylation is 3. The van der Waals surface area contributed by atoms with Crippen molar-refractivity contribution in [3.8, 4) is 27.9 Å². The van der Waals surface area contributed by atoms with Crippen LogP contribution < -0.4 is 4.90 Å². The van der Waals surface area contributed by atoms with Gasteiger partial charge in [0.1, 0.15) is 0 Å². The second kappa shape index (κ2) is 15.5. The molecule has 0 aliphatic heterocycles. The fourth-order valence-electron chi connectivity index (χ4n) is 8.14. The third-order valence-corrected chi connectivity index (χ3v) is 10.9. The summed E-state index contributed by atoms with van der Waals surface area (Å²) in [5.74, 6) is 0. The van der Waals surface area contributed by atoms with Gasteiger partial charge in [0, 0.05) is 33.7 Å². The van der Waals surface area contributed by atoms with E-state index in [1.54, 1.807) is 0 Å². The molecule has 0 radical (unpaired) electrons. The summed E-state index contributed by atoms with van der Waals surface area (Å²) in [6.07, 6.45) is 3.76. The molecule has 8 aromatic carbocycles. The summed E-state index contributed by atoms with van der Waals surface area (Å²) in [7, 11) is 0. The van der Waals surface area contributed by atoms with Gasteiger partial charge in [0.05, 0.1) is 28.6 Å². The molecule has 0 saturated heterocycles. The molecule has 0 spiro atoms. The van der Waals surface area contributed by atoms with Crippen LogP contribution in [0.5, 0.6) is 0 Å². The standard InChI is InChI=1S/C47H35N3.C7H8/c1-32-12-3-5-17-39(32)47-33(2)13-9-20-41(47)35-23-28-43-42-19-7-8-21-45(42)50(46(43)30-35)37-26-24-36(25-27-37)49(38-16-11-29-48-31-38)44-22-10-15-34-14-4-6-18-40(34)44;1-7-5-3-2-4-6-7/h3-31H,1-2H3;2-6H,1H3. The monoisotopic (exact) mass is 733 g/mol. The highest BCUT2D eigenvalue weighted by Gasteiger charge is 2.19. The van der Waals surface area contributed by atoms with E-state index in [1.165, 1.54) is 71.5 Å². The number of fused-ring (bicyclic) bond motifs is 4. The van der Waals surface area contributed by atoms with Crippen molar-refractivity contribution in [1.29, 1.82) is 0 Å². The number of aromatic nitrogens is 2. The Morgan fingerprint density at radius 3 is 1.89 bits per heavy atom. The van der Waals surface area contributed by atoms with E-state index >= 15 is 0 Å². The molecule has 57 heavy (non-hydrogen) atoms. The van der Waals surface area contributed by atoms with Gasteiger partial charge < -0.3 is 9.47 Å². The van der Waals surface area contributed by atoms with Crippen LogP contribution in [0, 0.1) is 20.8 Å². The maximum absolute atomic E-state index is 4.49. The van der Waals surface area contributed by atoms with Gasteiger partial charge in [-0.25, -0.2) is 0 Å². The molecule has 0 unspecified atom stereocenters. The van der Waals surface area contributed by atoms with Crippen LogP contribution in [0.4, 0.5) is 17.1 Å². The minimum Gasteiger partial charge on any atom is -0.309 e. The molecule has 10 rings (SSSR count). The van der Waals surface area contributed by atoms with Crippen LogP contribution in [0.15, 0.2) is 207 Å². The van der Waals surface area contributed by atoms with Gasteiger partial charge in [-0.1, -0.05) is 145 Å². The van der Waals surface area contributed by atoms with E-state index in [1.807, 2.05) is 36.7 Å². The smallest absolute Gasteiger partial charge is 0.0645 e. The lowest BCUT2D eigenvalue weighted by Crippen LogP contribution is -2.10. The van der Waals surface area contributed by atoms with Crippen LogP contribution in [-0.2, 0) is 0 Å². The van der Waals surface area contributed by atoms with Crippen molar-refractivity contribution < 1.29 is 0 Å². The van der Waals surface area contributed by atoms with Gasteiger partial charge in [-0.2, -0.15) is 0 Å². The zero-order chi connectivity index (χ0) is 38.7. The lowest BCUT2D eigenvalue weighted by Gasteiger charge is -2.26. The third kappa shape index (κ3) is 6.85. The van der Waals surface area contributed by atoms with Gasteiger partial charge >= 0.3 is 0 Å². The van der Waals surface area contributed by atoms with Crippen LogP contribution in [-0.4, -0.2) is 9.55 Å². The molecule has 0 atom stereocenters. The average molecular weight is 734 g/mol. The van der Waals surface area contributed by atoms with E-state index in [4.69, 9.17) is 0 Å². The number of hydrogen-bond acceptors (Lipinski definition) is 2. The first-order valence-electron chi connectivity index (χ1n) is 19.5. The summed E-state index contributed by atoms with van der Waals surface area (Å²) in [4.78, 5) is 6.79. The Morgan fingerprint density at radius 2 is 1.12 bits per heavy atom. The van der Waals surface area contributed by atoms with E-state index in [-0.39, 0.29) is 0 Å². The van der Waals surface area contributed by atoms with E-state index < -0.39 is 0 Å². The molecule has 0 amide bonds. The summed E-state index contributed by atoms with van der Waals surface area (Å²) >= 11 is 0. The first-order valence-corrected chi connectivity index (χ1v) is 19.5. The van der Waals surface area contributed by atoms with Crippen molar-refractivity contribution in [3.63, 3.8) is 0 Å². The highest BCUT2D eigenvalue weighted by atomic mass is 15.1. The average Bonchev–Trinajstić information content (AvgIpc) is 3.59. The second-order valence-electron chi connectivity index (χ2n) is 14.6. The summed E-state index contributed by atoms with van der Waals surface area (Å²) in [5, 5.41) is 4.88. The predicted molar refractivity (Wildman–Crippen MR) is 242 cm³/mol. The number of anilines is 3. The minimum atomic E-state index is 1.01. The Kier molecular flexibility index (Phi) is 9.64. The van der Waals surface area contributed by atoms with Crippen molar-refractivity contribution in [2.75, 3.05) is 4.90 Å². The van der Waals surface area contributed by atoms with Crippen molar-refractivity contribution in [2.24, 2.45) is 0 Å². The third-order valence-electron chi connectivity index (χ3n) is 10.9. The SMILES string of the molecule is Cc1ccccc1.Cc1ccccc1-c1c(C)cccc1-c1ccc2c3ccccc3n(-c3ccc(N(c4cccnc4)c4cccc5ccccc45)cc3)c2c1. The quantitative estimate of drug-likeness (QED) is 0.170. The van der Waals surface area contributed by atoms with Crippen LogP contribution in [0.3, 0.4) is 0 Å². The van der Waals surface area contributed by atoms with Crippen molar-refractivity contribution in [3.05, 3.63) is 223 Å². The topological polar surface area (TPSA) is 21.1 Å². The number of nitrogens with zero attached hydrogens (tertiary/aromatic N) is 3. The first kappa shape index (κ1) is 35.5. The Hall–Kier alpha value is -7.23. The van der Waals surface area contributed by atoms with E-state index in [0.29, 0.717) is 0 Å². The minimum absolute atomic E-state index is 1.01. The molecule has 10 aromatic rings. The van der Waals surface area contributed by atoms with Gasteiger partial charge in [0.15, 0.2) is 0 Å².